The van der Waals surface area contributed by atoms with E-state index in [1.807, 2.05) is 13.8 Å². The van der Waals surface area contributed by atoms with Crippen LogP contribution in [0.25, 0.3) is 0 Å². The van der Waals surface area contributed by atoms with Gasteiger partial charge in [0, 0.05) is 17.6 Å². The van der Waals surface area contributed by atoms with Crippen molar-refractivity contribution in [2.24, 2.45) is 17.3 Å². The SMILES string of the molecule is CC(C)(C)NC1CCC(C(C)(C)C2CCC(NC(C)(C)C#N)CC2)CC1. The first kappa shape index (κ1) is 21.7. The van der Waals surface area contributed by atoms with Crippen LogP contribution in [0.2, 0.25) is 0 Å². The topological polar surface area (TPSA) is 47.8 Å². The molecule has 0 radical (unpaired) electrons. The Morgan fingerprint density at radius 1 is 0.654 bits per heavy atom. The van der Waals surface area contributed by atoms with E-state index < -0.39 is 5.54 Å². The summed E-state index contributed by atoms with van der Waals surface area (Å²) in [7, 11) is 0. The molecular weight excluding hydrogens is 318 g/mol. The van der Waals surface area contributed by atoms with E-state index in [0.717, 1.165) is 11.8 Å². The van der Waals surface area contributed by atoms with Crippen molar-refractivity contribution in [2.75, 3.05) is 0 Å². The molecule has 0 unspecified atom stereocenters. The Morgan fingerprint density at radius 2 is 1.04 bits per heavy atom. The quantitative estimate of drug-likeness (QED) is 0.688. The monoisotopic (exact) mass is 361 g/mol. The third-order valence-corrected chi connectivity index (χ3v) is 7.04. The lowest BCUT2D eigenvalue weighted by molar-refractivity contribution is 0.0435. The lowest BCUT2D eigenvalue weighted by Crippen LogP contribution is -2.49. The van der Waals surface area contributed by atoms with E-state index in [2.05, 4.69) is 51.3 Å². The first-order valence-corrected chi connectivity index (χ1v) is 10.9. The number of nitriles is 1. The van der Waals surface area contributed by atoms with Crippen LogP contribution in [0.15, 0.2) is 0 Å². The maximum Gasteiger partial charge on any atom is 0.101 e. The minimum absolute atomic E-state index is 0.232. The van der Waals surface area contributed by atoms with E-state index >= 15 is 0 Å². The van der Waals surface area contributed by atoms with Crippen LogP contribution in [0.4, 0.5) is 0 Å². The van der Waals surface area contributed by atoms with Gasteiger partial charge in [-0.25, -0.2) is 0 Å². The van der Waals surface area contributed by atoms with Crippen LogP contribution in [-0.2, 0) is 0 Å². The summed E-state index contributed by atoms with van der Waals surface area (Å²) < 4.78 is 0. The van der Waals surface area contributed by atoms with Crippen LogP contribution in [0, 0.1) is 28.6 Å². The molecule has 26 heavy (non-hydrogen) atoms. The van der Waals surface area contributed by atoms with Crippen LogP contribution < -0.4 is 10.6 Å². The summed E-state index contributed by atoms with van der Waals surface area (Å²) in [5, 5.41) is 16.6. The molecule has 3 nitrogen and oxygen atoms in total. The van der Waals surface area contributed by atoms with E-state index in [1.165, 1.54) is 51.4 Å². The summed E-state index contributed by atoms with van der Waals surface area (Å²) in [4.78, 5) is 0. The zero-order valence-corrected chi connectivity index (χ0v) is 18.4. The van der Waals surface area contributed by atoms with Crippen molar-refractivity contribution in [1.29, 1.82) is 5.26 Å². The third-order valence-electron chi connectivity index (χ3n) is 7.04. The maximum absolute atomic E-state index is 9.25. The van der Waals surface area contributed by atoms with Gasteiger partial charge < -0.3 is 5.32 Å². The molecule has 150 valence electrons. The number of hydrogen-bond donors (Lipinski definition) is 2. The zero-order chi connectivity index (χ0) is 19.6. The van der Waals surface area contributed by atoms with Crippen LogP contribution in [-0.4, -0.2) is 23.2 Å². The average molecular weight is 362 g/mol. The molecule has 0 aromatic heterocycles. The molecule has 2 N–H and O–H groups in total. The second-order valence-electron chi connectivity index (χ2n) is 11.2. The van der Waals surface area contributed by atoms with Gasteiger partial charge in [0.15, 0.2) is 0 Å². The standard InChI is InChI=1S/C23H43N3/c1-21(2,3)25-19-12-8-17(9-13-19)23(6,7)18-10-14-20(15-11-18)26-22(4,5)16-24/h17-20,25-26H,8-15H2,1-7H3. The Balaban J connectivity index is 1.83. The van der Waals surface area contributed by atoms with Crippen LogP contribution >= 0.6 is 0 Å². The number of hydrogen-bond acceptors (Lipinski definition) is 3. The molecule has 0 spiro atoms. The lowest BCUT2D eigenvalue weighted by Gasteiger charge is -2.47. The minimum Gasteiger partial charge on any atom is -0.309 e. The first-order chi connectivity index (χ1) is 11.9. The zero-order valence-electron chi connectivity index (χ0n) is 18.4. The molecular formula is C23H43N3. The van der Waals surface area contributed by atoms with Gasteiger partial charge in [-0.3, -0.25) is 5.32 Å². The summed E-state index contributed by atoms with van der Waals surface area (Å²) in [6.45, 7) is 15.9. The number of nitrogens with zero attached hydrogens (tertiary/aromatic N) is 1. The van der Waals surface area contributed by atoms with Gasteiger partial charge >= 0.3 is 0 Å². The summed E-state index contributed by atoms with van der Waals surface area (Å²) in [6.07, 6.45) is 10.5. The summed E-state index contributed by atoms with van der Waals surface area (Å²) in [5.41, 5.74) is 0.281. The molecule has 2 aliphatic rings. The van der Waals surface area contributed by atoms with Crippen molar-refractivity contribution >= 4 is 0 Å². The van der Waals surface area contributed by atoms with E-state index in [0.29, 0.717) is 17.5 Å². The molecule has 0 aliphatic heterocycles. The molecule has 2 aliphatic carbocycles. The molecule has 0 bridgehead atoms. The van der Waals surface area contributed by atoms with Crippen molar-refractivity contribution in [2.45, 2.75) is 123 Å². The van der Waals surface area contributed by atoms with E-state index in [4.69, 9.17) is 0 Å². The van der Waals surface area contributed by atoms with Gasteiger partial charge in [-0.15, -0.1) is 0 Å². The highest BCUT2D eigenvalue weighted by Gasteiger charge is 2.41. The number of nitrogens with one attached hydrogen (secondary N) is 2. The fourth-order valence-electron chi connectivity index (χ4n) is 5.45. The molecule has 0 amide bonds. The fraction of sp³-hybridized carbons (Fsp3) is 0.957. The Hall–Kier alpha value is -0.590. The fourth-order valence-corrected chi connectivity index (χ4v) is 5.45. The van der Waals surface area contributed by atoms with Gasteiger partial charge in [0.2, 0.25) is 0 Å². The van der Waals surface area contributed by atoms with E-state index in [1.54, 1.807) is 0 Å². The van der Waals surface area contributed by atoms with Gasteiger partial charge in [-0.05, 0) is 103 Å². The van der Waals surface area contributed by atoms with Gasteiger partial charge in [-0.1, -0.05) is 13.8 Å². The predicted molar refractivity (Wildman–Crippen MR) is 111 cm³/mol. The minimum atomic E-state index is -0.397. The Kier molecular flexibility index (Phi) is 6.84. The van der Waals surface area contributed by atoms with E-state index in [9.17, 15) is 5.26 Å². The van der Waals surface area contributed by atoms with Crippen molar-refractivity contribution in [3.8, 4) is 6.07 Å². The molecule has 0 saturated heterocycles. The summed E-state index contributed by atoms with van der Waals surface area (Å²) in [5.74, 6) is 1.70. The summed E-state index contributed by atoms with van der Waals surface area (Å²) in [6, 6.07) is 3.61. The van der Waals surface area contributed by atoms with Crippen LogP contribution in [0.1, 0.15) is 99.8 Å². The average Bonchev–Trinajstić information content (AvgIpc) is 2.54. The van der Waals surface area contributed by atoms with Gasteiger partial charge in [0.25, 0.3) is 0 Å². The Morgan fingerprint density at radius 3 is 1.38 bits per heavy atom. The Labute approximate surface area is 162 Å². The van der Waals surface area contributed by atoms with Crippen molar-refractivity contribution in [1.82, 2.24) is 10.6 Å². The second-order valence-corrected chi connectivity index (χ2v) is 11.2. The van der Waals surface area contributed by atoms with Gasteiger partial charge in [0.05, 0.1) is 6.07 Å². The van der Waals surface area contributed by atoms with Crippen molar-refractivity contribution < 1.29 is 0 Å². The molecule has 0 aromatic rings. The number of rotatable bonds is 5. The van der Waals surface area contributed by atoms with E-state index in [-0.39, 0.29) is 5.54 Å². The van der Waals surface area contributed by atoms with Gasteiger partial charge in [0.1, 0.15) is 5.54 Å². The highest BCUT2D eigenvalue weighted by atomic mass is 15.0. The third kappa shape index (κ3) is 5.96. The molecule has 2 rings (SSSR count). The Bertz CT molecular complexity index is 479. The molecule has 0 aromatic carbocycles. The predicted octanol–water partition coefficient (Wildman–Crippen LogP) is 5.41. The highest BCUT2D eigenvalue weighted by Crippen LogP contribution is 2.48. The molecule has 2 saturated carbocycles. The normalized spacial score (nSPS) is 31.5. The highest BCUT2D eigenvalue weighted by molar-refractivity contribution is 5.02. The molecule has 2 fully saturated rings. The summed E-state index contributed by atoms with van der Waals surface area (Å²) >= 11 is 0. The first-order valence-electron chi connectivity index (χ1n) is 10.9. The molecule has 0 heterocycles. The van der Waals surface area contributed by atoms with Gasteiger partial charge in [-0.2, -0.15) is 5.26 Å². The van der Waals surface area contributed by atoms with Crippen molar-refractivity contribution in [3.63, 3.8) is 0 Å². The van der Waals surface area contributed by atoms with Crippen LogP contribution in [0.5, 0.6) is 0 Å². The largest absolute Gasteiger partial charge is 0.309 e. The molecule has 3 heteroatoms. The molecule has 0 atom stereocenters. The van der Waals surface area contributed by atoms with Crippen molar-refractivity contribution in [3.05, 3.63) is 0 Å². The lowest BCUT2D eigenvalue weighted by atomic mass is 9.60. The van der Waals surface area contributed by atoms with Crippen LogP contribution in [0.3, 0.4) is 0 Å². The smallest absolute Gasteiger partial charge is 0.101 e. The second kappa shape index (κ2) is 8.19. The maximum atomic E-state index is 9.25.